The maximum Gasteiger partial charge on any atom is 0.270 e. The Labute approximate surface area is 125 Å². The Morgan fingerprint density at radius 3 is 2.81 bits per heavy atom. The molecule has 0 aliphatic rings. The van der Waals surface area contributed by atoms with Gasteiger partial charge in [-0.1, -0.05) is 6.07 Å². The predicted octanol–water partition coefficient (Wildman–Crippen LogP) is 1.88. The summed E-state index contributed by atoms with van der Waals surface area (Å²) in [5.74, 6) is 0.906. The van der Waals surface area contributed by atoms with Gasteiger partial charge in [0.15, 0.2) is 5.16 Å². The fraction of sp³-hybridized carbons (Fsp3) is 0.200. The maximum atomic E-state index is 12.4. The van der Waals surface area contributed by atoms with E-state index in [4.69, 9.17) is 5.73 Å². The number of imidazole rings is 1. The molecule has 0 amide bonds. The molecule has 0 radical (unpaired) electrons. The average molecular weight is 301 g/mol. The van der Waals surface area contributed by atoms with Crippen LogP contribution in [0.25, 0.3) is 11.0 Å². The minimum Gasteiger partial charge on any atom is -0.331 e. The van der Waals surface area contributed by atoms with Crippen LogP contribution in [-0.4, -0.2) is 14.2 Å². The summed E-state index contributed by atoms with van der Waals surface area (Å²) >= 11 is 0. The van der Waals surface area contributed by atoms with Gasteiger partial charge in [-0.2, -0.15) is 0 Å². The van der Waals surface area contributed by atoms with Gasteiger partial charge in [-0.05, 0) is 43.2 Å². The molecule has 0 saturated carbocycles. The second-order valence-electron chi connectivity index (χ2n) is 5.12. The van der Waals surface area contributed by atoms with Crippen LogP contribution in [0.2, 0.25) is 0 Å². The Morgan fingerprint density at radius 2 is 2.05 bits per heavy atom. The molecule has 6 heteroatoms. The normalized spacial score (nSPS) is 12.7. The minimum absolute atomic E-state index is 0.350. The highest BCUT2D eigenvalue weighted by Gasteiger charge is 2.13. The van der Waals surface area contributed by atoms with Gasteiger partial charge in [0.05, 0.1) is 27.6 Å². The number of aromatic nitrogens is 3. The molecule has 0 fully saturated rings. The fourth-order valence-electron chi connectivity index (χ4n) is 2.18. The van der Waals surface area contributed by atoms with Gasteiger partial charge in [0.25, 0.3) is 5.82 Å². The number of aromatic amines is 2. The van der Waals surface area contributed by atoms with E-state index < -0.39 is 10.8 Å². The molecular weight excluding hydrogens is 284 g/mol. The lowest BCUT2D eigenvalue weighted by atomic mass is 10.1. The van der Waals surface area contributed by atoms with Gasteiger partial charge in [0.1, 0.15) is 5.69 Å². The van der Waals surface area contributed by atoms with Crippen molar-refractivity contribution in [2.45, 2.75) is 24.8 Å². The van der Waals surface area contributed by atoms with E-state index in [1.165, 1.54) is 11.1 Å². The number of nitrogen functional groups attached to an aromatic ring is 1. The molecule has 1 atom stereocenters. The van der Waals surface area contributed by atoms with E-state index in [1.54, 1.807) is 6.07 Å². The Hall–Kier alpha value is -2.21. The topological polar surface area (TPSA) is 85.9 Å². The molecule has 4 N–H and O–H groups in total. The molecule has 1 aromatic carbocycles. The summed E-state index contributed by atoms with van der Waals surface area (Å²) in [6.07, 6.45) is 0. The van der Waals surface area contributed by atoms with E-state index in [-0.39, 0.29) is 0 Å². The molecular formula is C15H17N4OS+. The van der Waals surface area contributed by atoms with Crippen molar-refractivity contribution < 1.29 is 9.19 Å². The number of nitrogens with two attached hydrogens (primary N) is 1. The van der Waals surface area contributed by atoms with E-state index in [0.717, 1.165) is 16.7 Å². The van der Waals surface area contributed by atoms with Crippen LogP contribution >= 0.6 is 0 Å². The molecule has 2 aromatic heterocycles. The number of benzene rings is 1. The SMILES string of the molecule is Cc1cc2nc([S@](=O)Cc3cccc(N)[nH+]3)[nH]c2cc1C. The maximum absolute atomic E-state index is 12.4. The van der Waals surface area contributed by atoms with E-state index >= 15 is 0 Å². The van der Waals surface area contributed by atoms with Gasteiger partial charge < -0.3 is 4.98 Å². The summed E-state index contributed by atoms with van der Waals surface area (Å²) < 4.78 is 12.4. The third-order valence-corrected chi connectivity index (χ3v) is 4.65. The number of anilines is 1. The lowest BCUT2D eigenvalue weighted by Gasteiger charge is -1.97. The molecule has 0 aliphatic heterocycles. The molecule has 2 heterocycles. The van der Waals surface area contributed by atoms with E-state index in [1.807, 2.05) is 38.1 Å². The number of nitrogens with zero attached hydrogens (tertiary/aromatic N) is 1. The number of pyridine rings is 1. The number of fused-ring (bicyclic) bond motifs is 1. The van der Waals surface area contributed by atoms with Crippen molar-refractivity contribution in [3.8, 4) is 0 Å². The lowest BCUT2D eigenvalue weighted by Crippen LogP contribution is -2.17. The van der Waals surface area contributed by atoms with Crippen LogP contribution in [0, 0.1) is 13.8 Å². The van der Waals surface area contributed by atoms with Gasteiger partial charge in [-0.3, -0.25) is 9.94 Å². The number of hydrogen-bond donors (Lipinski definition) is 2. The van der Waals surface area contributed by atoms with Crippen molar-refractivity contribution >= 4 is 27.7 Å². The largest absolute Gasteiger partial charge is 0.331 e. The minimum atomic E-state index is -1.24. The highest BCUT2D eigenvalue weighted by atomic mass is 32.2. The Morgan fingerprint density at radius 1 is 1.29 bits per heavy atom. The van der Waals surface area contributed by atoms with Crippen molar-refractivity contribution in [1.82, 2.24) is 9.97 Å². The van der Waals surface area contributed by atoms with Crippen LogP contribution in [-0.2, 0) is 16.6 Å². The zero-order valence-electron chi connectivity index (χ0n) is 11.9. The first-order valence-electron chi connectivity index (χ1n) is 6.65. The third-order valence-electron chi connectivity index (χ3n) is 3.46. The highest BCUT2D eigenvalue weighted by molar-refractivity contribution is 7.84. The van der Waals surface area contributed by atoms with Crippen LogP contribution in [0.4, 0.5) is 5.82 Å². The lowest BCUT2D eigenvalue weighted by molar-refractivity contribution is -0.370. The molecule has 5 nitrogen and oxygen atoms in total. The van der Waals surface area contributed by atoms with Crippen LogP contribution in [0.3, 0.4) is 0 Å². The summed E-state index contributed by atoms with van der Waals surface area (Å²) in [5, 5.41) is 0.492. The van der Waals surface area contributed by atoms with Gasteiger partial charge in [0.2, 0.25) is 0 Å². The number of aryl methyl sites for hydroxylation is 2. The second kappa shape index (κ2) is 5.29. The molecule has 21 heavy (non-hydrogen) atoms. The van der Waals surface area contributed by atoms with Crippen molar-refractivity contribution in [3.63, 3.8) is 0 Å². The predicted molar refractivity (Wildman–Crippen MR) is 83.1 cm³/mol. The smallest absolute Gasteiger partial charge is 0.270 e. The van der Waals surface area contributed by atoms with Crippen molar-refractivity contribution in [1.29, 1.82) is 0 Å². The van der Waals surface area contributed by atoms with Gasteiger partial charge in [0, 0.05) is 6.07 Å². The Balaban J connectivity index is 1.91. The zero-order chi connectivity index (χ0) is 15.0. The molecule has 3 aromatic rings. The number of nitrogens with one attached hydrogen (secondary N) is 2. The van der Waals surface area contributed by atoms with E-state index in [0.29, 0.717) is 16.7 Å². The molecule has 3 rings (SSSR count). The number of rotatable bonds is 3. The molecule has 0 saturated heterocycles. The first-order valence-corrected chi connectivity index (χ1v) is 7.97. The number of hydrogen-bond acceptors (Lipinski definition) is 3. The number of H-pyrrole nitrogens is 2. The average Bonchev–Trinajstić information content (AvgIpc) is 2.82. The summed E-state index contributed by atoms with van der Waals surface area (Å²) in [6, 6.07) is 9.51. The summed E-state index contributed by atoms with van der Waals surface area (Å²) in [4.78, 5) is 10.6. The summed E-state index contributed by atoms with van der Waals surface area (Å²) in [7, 11) is -1.24. The summed E-state index contributed by atoms with van der Waals surface area (Å²) in [6.45, 7) is 4.09. The summed E-state index contributed by atoms with van der Waals surface area (Å²) in [5.41, 5.74) is 10.6. The quantitative estimate of drug-likeness (QED) is 0.774. The van der Waals surface area contributed by atoms with Crippen LogP contribution in [0.15, 0.2) is 35.5 Å². The molecule has 0 bridgehead atoms. The van der Waals surface area contributed by atoms with E-state index in [9.17, 15) is 4.21 Å². The zero-order valence-corrected chi connectivity index (χ0v) is 12.8. The van der Waals surface area contributed by atoms with E-state index in [2.05, 4.69) is 15.0 Å². The van der Waals surface area contributed by atoms with Crippen LogP contribution in [0.5, 0.6) is 0 Å². The molecule has 0 aliphatic carbocycles. The van der Waals surface area contributed by atoms with Crippen LogP contribution < -0.4 is 10.7 Å². The standard InChI is InChI=1S/C15H16N4OS/c1-9-6-12-13(7-10(9)2)19-15(18-12)21(20)8-11-4-3-5-14(16)17-11/h3-7H,8H2,1-2H3,(H2,16,17)(H,18,19)/p+1/t21-/m1/s1. The first-order chi connectivity index (χ1) is 10.0. The van der Waals surface area contributed by atoms with Gasteiger partial charge in [-0.15, -0.1) is 0 Å². The van der Waals surface area contributed by atoms with Gasteiger partial charge >= 0.3 is 0 Å². The fourth-order valence-corrected chi connectivity index (χ4v) is 3.20. The molecule has 0 spiro atoms. The van der Waals surface area contributed by atoms with Crippen molar-refractivity contribution in [3.05, 3.63) is 47.2 Å². The Kier molecular flexibility index (Phi) is 3.47. The van der Waals surface area contributed by atoms with Crippen molar-refractivity contribution in [2.24, 2.45) is 0 Å². The highest BCUT2D eigenvalue weighted by Crippen LogP contribution is 2.19. The molecule has 108 valence electrons. The monoisotopic (exact) mass is 301 g/mol. The van der Waals surface area contributed by atoms with Crippen molar-refractivity contribution in [2.75, 3.05) is 5.73 Å². The Bertz CT molecular complexity index is 802. The first kappa shape index (κ1) is 13.8. The third kappa shape index (κ3) is 2.80. The van der Waals surface area contributed by atoms with Crippen LogP contribution in [0.1, 0.15) is 16.8 Å². The second-order valence-corrected chi connectivity index (χ2v) is 6.48. The van der Waals surface area contributed by atoms with Gasteiger partial charge in [-0.25, -0.2) is 9.97 Å². The molecule has 0 unspecified atom stereocenters.